The maximum atomic E-state index is 13.3. The predicted octanol–water partition coefficient (Wildman–Crippen LogP) is 3.09. The lowest BCUT2D eigenvalue weighted by Gasteiger charge is -2.24. The highest BCUT2D eigenvalue weighted by Gasteiger charge is 2.38. The van der Waals surface area contributed by atoms with Gasteiger partial charge in [0, 0.05) is 6.54 Å². The van der Waals surface area contributed by atoms with Crippen molar-refractivity contribution in [2.75, 3.05) is 6.54 Å². The molecule has 0 bridgehead atoms. The number of amides is 2. The van der Waals surface area contributed by atoms with Crippen LogP contribution in [0.3, 0.4) is 0 Å². The van der Waals surface area contributed by atoms with Crippen molar-refractivity contribution in [1.29, 1.82) is 0 Å². The number of amidine groups is 1. The van der Waals surface area contributed by atoms with E-state index in [1.54, 1.807) is 0 Å². The van der Waals surface area contributed by atoms with E-state index in [1.165, 1.54) is 11.0 Å². The molecular weight excluding hydrogens is 290 g/mol. The first-order valence-corrected chi connectivity index (χ1v) is 6.27. The molecule has 2 amide bonds. The van der Waals surface area contributed by atoms with E-state index >= 15 is 0 Å². The Kier molecular flexibility index (Phi) is 3.89. The minimum atomic E-state index is -4.82. The van der Waals surface area contributed by atoms with Gasteiger partial charge in [-0.25, -0.2) is 9.18 Å². The molecule has 0 saturated carbocycles. The van der Waals surface area contributed by atoms with E-state index in [0.29, 0.717) is 19.0 Å². The van der Waals surface area contributed by atoms with Crippen molar-refractivity contribution in [3.63, 3.8) is 0 Å². The molecule has 0 radical (unpaired) electrons. The van der Waals surface area contributed by atoms with Gasteiger partial charge in [-0.05, 0) is 24.1 Å². The monoisotopic (exact) mass is 303 g/mol. The van der Waals surface area contributed by atoms with Crippen LogP contribution in [-0.4, -0.2) is 23.3 Å². The fraction of sp³-hybridized carbons (Fsp3) is 0.385. The van der Waals surface area contributed by atoms with Gasteiger partial charge in [-0.3, -0.25) is 0 Å². The van der Waals surface area contributed by atoms with Crippen LogP contribution in [0.25, 0.3) is 0 Å². The number of carbonyl (C=O) groups excluding carboxylic acids is 1. The first-order chi connectivity index (χ1) is 9.75. The van der Waals surface area contributed by atoms with Crippen LogP contribution in [-0.2, 0) is 6.18 Å². The summed E-state index contributed by atoms with van der Waals surface area (Å²) < 4.78 is 51.6. The van der Waals surface area contributed by atoms with Gasteiger partial charge in [0.05, 0.1) is 5.56 Å². The van der Waals surface area contributed by atoms with Crippen LogP contribution < -0.4 is 5.73 Å². The van der Waals surface area contributed by atoms with Crippen molar-refractivity contribution in [3.8, 4) is 0 Å². The van der Waals surface area contributed by atoms with Gasteiger partial charge in [0.2, 0.25) is 0 Å². The molecule has 1 aromatic rings. The molecule has 1 unspecified atom stereocenters. The number of nitrogens with two attached hydrogens (primary N) is 1. The third kappa shape index (κ3) is 2.84. The van der Waals surface area contributed by atoms with E-state index in [2.05, 4.69) is 4.99 Å². The number of halogens is 4. The predicted molar refractivity (Wildman–Crippen MR) is 68.2 cm³/mol. The number of hydrogen-bond donors (Lipinski definition) is 1. The lowest BCUT2D eigenvalue weighted by molar-refractivity contribution is -0.140. The van der Waals surface area contributed by atoms with E-state index in [9.17, 15) is 22.4 Å². The molecule has 114 valence electrons. The molecule has 2 N–H and O–H groups in total. The summed E-state index contributed by atoms with van der Waals surface area (Å²) in [5.74, 6) is -1.46. The van der Waals surface area contributed by atoms with Crippen LogP contribution in [0.15, 0.2) is 23.2 Å². The molecule has 0 fully saturated rings. The lowest BCUT2D eigenvalue weighted by Crippen LogP contribution is -2.34. The average Bonchev–Trinajstić information content (AvgIpc) is 2.64. The first kappa shape index (κ1) is 15.3. The molecule has 1 aromatic carbocycles. The highest BCUT2D eigenvalue weighted by atomic mass is 19.4. The van der Waals surface area contributed by atoms with E-state index in [4.69, 9.17) is 5.73 Å². The van der Waals surface area contributed by atoms with Crippen LogP contribution in [0, 0.1) is 5.82 Å². The summed E-state index contributed by atoms with van der Waals surface area (Å²) in [5, 5.41) is 0. The number of alkyl halides is 3. The SMILES string of the molecule is CCCN1C(=O)N=C(N)C1c1ccc(F)c(C(F)(F)F)c1. The van der Waals surface area contributed by atoms with E-state index in [1.807, 2.05) is 6.92 Å². The molecule has 1 aliphatic rings. The van der Waals surface area contributed by atoms with Crippen LogP contribution in [0.1, 0.15) is 30.5 Å². The van der Waals surface area contributed by atoms with Crippen molar-refractivity contribution in [2.24, 2.45) is 10.7 Å². The topological polar surface area (TPSA) is 58.7 Å². The minimum absolute atomic E-state index is 0.0873. The van der Waals surface area contributed by atoms with Gasteiger partial charge in [-0.1, -0.05) is 13.0 Å². The summed E-state index contributed by atoms with van der Waals surface area (Å²) in [6.45, 7) is 2.11. The second-order valence-electron chi connectivity index (χ2n) is 4.65. The van der Waals surface area contributed by atoms with Gasteiger partial charge in [0.1, 0.15) is 17.7 Å². The fourth-order valence-electron chi connectivity index (χ4n) is 2.25. The third-order valence-corrected chi connectivity index (χ3v) is 3.14. The lowest BCUT2D eigenvalue weighted by atomic mass is 10.0. The second-order valence-corrected chi connectivity index (χ2v) is 4.65. The molecule has 1 aliphatic heterocycles. The van der Waals surface area contributed by atoms with Gasteiger partial charge < -0.3 is 10.6 Å². The molecule has 1 atom stereocenters. The quantitative estimate of drug-likeness (QED) is 0.872. The maximum absolute atomic E-state index is 13.3. The molecule has 0 aliphatic carbocycles. The summed E-state index contributed by atoms with van der Waals surface area (Å²) in [6, 6.07) is 1.08. The highest BCUT2D eigenvalue weighted by Crippen LogP contribution is 2.35. The minimum Gasteiger partial charge on any atom is -0.385 e. The van der Waals surface area contributed by atoms with Crippen molar-refractivity contribution in [2.45, 2.75) is 25.6 Å². The largest absolute Gasteiger partial charge is 0.419 e. The second kappa shape index (κ2) is 5.34. The molecule has 21 heavy (non-hydrogen) atoms. The number of rotatable bonds is 3. The van der Waals surface area contributed by atoms with E-state index in [0.717, 1.165) is 6.07 Å². The van der Waals surface area contributed by atoms with Crippen molar-refractivity contribution >= 4 is 11.9 Å². The molecular formula is C13H13F4N3O. The molecule has 1 heterocycles. The van der Waals surface area contributed by atoms with Crippen molar-refractivity contribution in [1.82, 2.24) is 4.90 Å². The number of nitrogens with zero attached hydrogens (tertiary/aromatic N) is 2. The summed E-state index contributed by atoms with van der Waals surface area (Å²) >= 11 is 0. The molecule has 8 heteroatoms. The van der Waals surface area contributed by atoms with Crippen LogP contribution in [0.4, 0.5) is 22.4 Å². The number of urea groups is 1. The zero-order valence-electron chi connectivity index (χ0n) is 11.1. The standard InChI is InChI=1S/C13H13F4N3O/c1-2-5-20-10(11(18)19-12(20)21)7-3-4-9(14)8(6-7)13(15,16)17/h3-4,6,10H,2,5H2,1H3,(H2,18,19,21). The molecule has 0 saturated heterocycles. The third-order valence-electron chi connectivity index (χ3n) is 3.14. The van der Waals surface area contributed by atoms with Crippen LogP contribution in [0.2, 0.25) is 0 Å². The Balaban J connectivity index is 2.46. The normalized spacial score (nSPS) is 19.1. The Morgan fingerprint density at radius 3 is 2.62 bits per heavy atom. The molecule has 0 spiro atoms. The Labute approximate surface area is 118 Å². The van der Waals surface area contributed by atoms with Crippen molar-refractivity contribution < 1.29 is 22.4 Å². The van der Waals surface area contributed by atoms with Gasteiger partial charge >= 0.3 is 12.2 Å². The zero-order chi connectivity index (χ0) is 15.8. The number of benzene rings is 1. The smallest absolute Gasteiger partial charge is 0.385 e. The van der Waals surface area contributed by atoms with E-state index in [-0.39, 0.29) is 11.4 Å². The summed E-state index contributed by atoms with van der Waals surface area (Å²) in [7, 11) is 0. The Morgan fingerprint density at radius 2 is 2.05 bits per heavy atom. The van der Waals surface area contributed by atoms with Gasteiger partial charge in [0.25, 0.3) is 0 Å². The summed E-state index contributed by atoms with van der Waals surface area (Å²) in [4.78, 5) is 16.5. The zero-order valence-corrected chi connectivity index (χ0v) is 11.1. The number of carbonyl (C=O) groups is 1. The molecule has 4 nitrogen and oxygen atoms in total. The van der Waals surface area contributed by atoms with Gasteiger partial charge in [-0.2, -0.15) is 18.2 Å². The molecule has 0 aromatic heterocycles. The highest BCUT2D eigenvalue weighted by molar-refractivity contribution is 6.03. The Bertz CT molecular complexity index is 598. The molecule has 2 rings (SSSR count). The summed E-state index contributed by atoms with van der Waals surface area (Å²) in [6.07, 6.45) is -4.22. The van der Waals surface area contributed by atoms with Gasteiger partial charge in [-0.15, -0.1) is 0 Å². The van der Waals surface area contributed by atoms with Crippen LogP contribution in [0.5, 0.6) is 0 Å². The maximum Gasteiger partial charge on any atom is 0.419 e. The van der Waals surface area contributed by atoms with Gasteiger partial charge in [0.15, 0.2) is 0 Å². The number of hydrogen-bond acceptors (Lipinski definition) is 2. The Morgan fingerprint density at radius 1 is 1.38 bits per heavy atom. The van der Waals surface area contributed by atoms with E-state index < -0.39 is 29.6 Å². The fourth-order valence-corrected chi connectivity index (χ4v) is 2.25. The Hall–Kier alpha value is -2.12. The summed E-state index contributed by atoms with van der Waals surface area (Å²) in [5.41, 5.74) is 4.33. The average molecular weight is 303 g/mol. The van der Waals surface area contributed by atoms with Crippen molar-refractivity contribution in [3.05, 3.63) is 35.1 Å². The first-order valence-electron chi connectivity index (χ1n) is 6.27. The number of aliphatic imine (C=N–C) groups is 1. The van der Waals surface area contributed by atoms with Crippen LogP contribution >= 0.6 is 0 Å².